The van der Waals surface area contributed by atoms with Gasteiger partial charge in [-0.05, 0) is 52.5 Å². The zero-order chi connectivity index (χ0) is 13.7. The maximum Gasteiger partial charge on any atom is 0.0295 e. The fraction of sp³-hybridized carbons (Fsp3) is 0.625. The van der Waals surface area contributed by atoms with Crippen LogP contribution in [0.2, 0.25) is 0 Å². The van der Waals surface area contributed by atoms with Crippen molar-refractivity contribution < 1.29 is 0 Å². The van der Waals surface area contributed by atoms with E-state index in [4.69, 9.17) is 0 Å². The van der Waals surface area contributed by atoms with Crippen molar-refractivity contribution in [2.75, 3.05) is 27.2 Å². The van der Waals surface area contributed by atoms with Gasteiger partial charge in [-0.15, -0.1) is 0 Å². The molecule has 1 aromatic carbocycles. The molecule has 3 atom stereocenters. The summed E-state index contributed by atoms with van der Waals surface area (Å²) in [5.74, 6) is 0. The number of rotatable bonds is 6. The fourth-order valence-corrected chi connectivity index (χ4v) is 2.83. The Kier molecular flexibility index (Phi) is 5.37. The van der Waals surface area contributed by atoms with Crippen LogP contribution < -0.4 is 10.6 Å². The van der Waals surface area contributed by atoms with E-state index in [9.17, 15) is 0 Å². The summed E-state index contributed by atoms with van der Waals surface area (Å²) >= 11 is 0. The van der Waals surface area contributed by atoms with E-state index in [0.29, 0.717) is 18.1 Å². The Labute approximate surface area is 117 Å². The summed E-state index contributed by atoms with van der Waals surface area (Å²) in [7, 11) is 4.29. The Morgan fingerprint density at radius 1 is 1.32 bits per heavy atom. The molecule has 0 bridgehead atoms. The van der Waals surface area contributed by atoms with Crippen molar-refractivity contribution in [3.8, 4) is 0 Å². The number of nitrogens with one attached hydrogen (secondary N) is 2. The van der Waals surface area contributed by atoms with Crippen LogP contribution in [0.15, 0.2) is 30.3 Å². The summed E-state index contributed by atoms with van der Waals surface area (Å²) < 4.78 is 0. The van der Waals surface area contributed by atoms with Gasteiger partial charge in [0.2, 0.25) is 0 Å². The van der Waals surface area contributed by atoms with E-state index in [1.165, 1.54) is 18.4 Å². The molecule has 0 saturated carbocycles. The predicted octanol–water partition coefficient (Wildman–Crippen LogP) is 2.02. The van der Waals surface area contributed by atoms with E-state index in [1.54, 1.807) is 0 Å². The third kappa shape index (κ3) is 4.30. The van der Waals surface area contributed by atoms with Gasteiger partial charge in [0, 0.05) is 18.1 Å². The normalized spacial score (nSPS) is 24.8. The van der Waals surface area contributed by atoms with Crippen LogP contribution in [0.3, 0.4) is 0 Å². The van der Waals surface area contributed by atoms with Gasteiger partial charge in [0.25, 0.3) is 0 Å². The molecule has 0 amide bonds. The third-order valence-electron chi connectivity index (χ3n) is 4.00. The van der Waals surface area contributed by atoms with Gasteiger partial charge in [-0.3, -0.25) is 0 Å². The lowest BCUT2D eigenvalue weighted by Gasteiger charge is -2.26. The lowest BCUT2D eigenvalue weighted by molar-refractivity contribution is 0.334. The Morgan fingerprint density at radius 2 is 2.05 bits per heavy atom. The second-order valence-electron chi connectivity index (χ2n) is 5.85. The summed E-state index contributed by atoms with van der Waals surface area (Å²) in [4.78, 5) is 2.26. The van der Waals surface area contributed by atoms with Crippen LogP contribution >= 0.6 is 0 Å². The Hall–Kier alpha value is -0.900. The lowest BCUT2D eigenvalue weighted by atomic mass is 10.0. The second kappa shape index (κ2) is 7.04. The maximum absolute atomic E-state index is 3.79. The van der Waals surface area contributed by atoms with Crippen LogP contribution in [-0.2, 0) is 0 Å². The first-order chi connectivity index (χ1) is 9.16. The molecule has 3 nitrogen and oxygen atoms in total. The topological polar surface area (TPSA) is 27.3 Å². The van der Waals surface area contributed by atoms with Gasteiger partial charge in [0.15, 0.2) is 0 Å². The maximum atomic E-state index is 3.79. The molecule has 0 radical (unpaired) electrons. The summed E-state index contributed by atoms with van der Waals surface area (Å²) in [5, 5.41) is 7.42. The molecular formula is C16H27N3. The predicted molar refractivity (Wildman–Crippen MR) is 81.4 cm³/mol. The van der Waals surface area contributed by atoms with Crippen molar-refractivity contribution in [1.82, 2.24) is 15.5 Å². The van der Waals surface area contributed by atoms with Gasteiger partial charge in [-0.25, -0.2) is 0 Å². The van der Waals surface area contributed by atoms with Crippen molar-refractivity contribution in [3.63, 3.8) is 0 Å². The average molecular weight is 261 g/mol. The molecule has 0 aliphatic carbocycles. The minimum absolute atomic E-state index is 0.424. The molecule has 2 rings (SSSR count). The van der Waals surface area contributed by atoms with Crippen LogP contribution in [0, 0.1) is 0 Å². The number of hydrogen-bond donors (Lipinski definition) is 2. The summed E-state index contributed by atoms with van der Waals surface area (Å²) in [6, 6.07) is 12.3. The Morgan fingerprint density at radius 3 is 2.74 bits per heavy atom. The van der Waals surface area contributed by atoms with E-state index >= 15 is 0 Å². The number of nitrogens with zero attached hydrogens (tertiary/aromatic N) is 1. The first kappa shape index (κ1) is 14.5. The van der Waals surface area contributed by atoms with Crippen LogP contribution in [0.4, 0.5) is 0 Å². The molecule has 2 unspecified atom stereocenters. The molecule has 0 spiro atoms. The van der Waals surface area contributed by atoms with Crippen LogP contribution in [0.25, 0.3) is 0 Å². The van der Waals surface area contributed by atoms with Crippen LogP contribution in [0.5, 0.6) is 0 Å². The molecule has 2 N–H and O–H groups in total. The standard InChI is InChI=1S/C16H27N3/c1-13(14-7-5-4-6-8-14)18-16-9-11-17-15(16)10-12-19(2)3/h4-8,13,15-18H,9-12H2,1-3H3/t13-,15?,16?/m0/s1. The van der Waals surface area contributed by atoms with Gasteiger partial charge in [-0.2, -0.15) is 0 Å². The lowest BCUT2D eigenvalue weighted by Crippen LogP contribution is -2.42. The van der Waals surface area contributed by atoms with Crippen LogP contribution in [0.1, 0.15) is 31.4 Å². The second-order valence-corrected chi connectivity index (χ2v) is 5.85. The smallest absolute Gasteiger partial charge is 0.0295 e. The van der Waals surface area contributed by atoms with Crippen molar-refractivity contribution in [2.45, 2.75) is 37.9 Å². The zero-order valence-electron chi connectivity index (χ0n) is 12.4. The molecule has 0 aromatic heterocycles. The molecule has 1 aromatic rings. The molecule has 1 aliphatic heterocycles. The Balaban J connectivity index is 1.87. The fourth-order valence-electron chi connectivity index (χ4n) is 2.83. The van der Waals surface area contributed by atoms with E-state index in [2.05, 4.69) is 66.9 Å². The SMILES string of the molecule is C[C@H](NC1CCNC1CCN(C)C)c1ccccc1. The molecular weight excluding hydrogens is 234 g/mol. The van der Waals surface area contributed by atoms with E-state index in [1.807, 2.05) is 0 Å². The highest BCUT2D eigenvalue weighted by Crippen LogP contribution is 2.17. The number of benzene rings is 1. The molecule has 1 aliphatic rings. The highest BCUT2D eigenvalue weighted by molar-refractivity contribution is 5.18. The minimum Gasteiger partial charge on any atom is -0.312 e. The van der Waals surface area contributed by atoms with Crippen LogP contribution in [-0.4, -0.2) is 44.2 Å². The molecule has 3 heteroatoms. The first-order valence-corrected chi connectivity index (χ1v) is 7.36. The Bertz CT molecular complexity index is 364. The van der Waals surface area contributed by atoms with E-state index < -0.39 is 0 Å². The first-order valence-electron chi connectivity index (χ1n) is 7.36. The van der Waals surface area contributed by atoms with Crippen molar-refractivity contribution in [1.29, 1.82) is 0 Å². The van der Waals surface area contributed by atoms with Gasteiger partial charge >= 0.3 is 0 Å². The largest absolute Gasteiger partial charge is 0.312 e. The summed E-state index contributed by atoms with van der Waals surface area (Å²) in [5.41, 5.74) is 1.38. The number of hydrogen-bond acceptors (Lipinski definition) is 3. The van der Waals surface area contributed by atoms with Gasteiger partial charge in [0.1, 0.15) is 0 Å². The van der Waals surface area contributed by atoms with Crippen molar-refractivity contribution in [3.05, 3.63) is 35.9 Å². The molecule has 19 heavy (non-hydrogen) atoms. The highest BCUT2D eigenvalue weighted by Gasteiger charge is 2.27. The van der Waals surface area contributed by atoms with Gasteiger partial charge in [0.05, 0.1) is 0 Å². The molecule has 106 valence electrons. The minimum atomic E-state index is 0.424. The van der Waals surface area contributed by atoms with E-state index in [-0.39, 0.29) is 0 Å². The third-order valence-corrected chi connectivity index (χ3v) is 4.00. The van der Waals surface area contributed by atoms with Crippen molar-refractivity contribution in [2.24, 2.45) is 0 Å². The monoisotopic (exact) mass is 261 g/mol. The highest BCUT2D eigenvalue weighted by atomic mass is 15.1. The summed E-state index contributed by atoms with van der Waals surface area (Å²) in [6.45, 7) is 4.55. The quantitative estimate of drug-likeness (QED) is 0.820. The van der Waals surface area contributed by atoms with Gasteiger partial charge in [-0.1, -0.05) is 30.3 Å². The molecule has 1 saturated heterocycles. The summed E-state index contributed by atoms with van der Waals surface area (Å²) in [6.07, 6.45) is 2.45. The van der Waals surface area contributed by atoms with Gasteiger partial charge < -0.3 is 15.5 Å². The van der Waals surface area contributed by atoms with Crippen molar-refractivity contribution >= 4 is 0 Å². The van der Waals surface area contributed by atoms with E-state index in [0.717, 1.165) is 13.1 Å². The molecule has 1 heterocycles. The zero-order valence-corrected chi connectivity index (χ0v) is 12.4. The molecule has 1 fully saturated rings. The average Bonchev–Trinajstić information content (AvgIpc) is 2.84.